The molecule has 3 rings (SSSR count). The molecule has 0 aliphatic rings. The molecule has 0 fully saturated rings. The van der Waals surface area contributed by atoms with E-state index in [1.54, 1.807) is 18.2 Å². The molecule has 3 N–H and O–H groups in total. The summed E-state index contributed by atoms with van der Waals surface area (Å²) in [5, 5.41) is 4.86. The number of nitrogen functional groups attached to an aromatic ring is 1. The summed E-state index contributed by atoms with van der Waals surface area (Å²) in [5.74, 6) is 0.269. The molecule has 0 saturated heterocycles. The Morgan fingerprint density at radius 3 is 2.38 bits per heavy atom. The Morgan fingerprint density at radius 1 is 1.00 bits per heavy atom. The Morgan fingerprint density at radius 2 is 1.71 bits per heavy atom. The lowest BCUT2D eigenvalue weighted by molar-refractivity contribution is 0.600. The fourth-order valence-corrected chi connectivity index (χ4v) is 3.38. The molecule has 0 aliphatic heterocycles. The van der Waals surface area contributed by atoms with Crippen molar-refractivity contribution in [2.45, 2.75) is 4.90 Å². The van der Waals surface area contributed by atoms with Crippen molar-refractivity contribution in [1.82, 2.24) is 9.78 Å². The van der Waals surface area contributed by atoms with Gasteiger partial charge in [0.2, 0.25) is 0 Å². The zero-order chi connectivity index (χ0) is 17.3. The van der Waals surface area contributed by atoms with Crippen LogP contribution in [0.1, 0.15) is 0 Å². The first kappa shape index (κ1) is 16.6. The Balaban J connectivity index is 1.96. The first-order valence-electron chi connectivity index (χ1n) is 6.75. The predicted molar refractivity (Wildman–Crippen MR) is 95.2 cm³/mol. The first-order chi connectivity index (χ1) is 11.4. The molecular formula is C15H12Cl2N4O2S. The maximum absolute atomic E-state index is 12.5. The number of hydrogen-bond donors (Lipinski definition) is 2. The summed E-state index contributed by atoms with van der Waals surface area (Å²) in [6, 6.07) is 12.3. The summed E-state index contributed by atoms with van der Waals surface area (Å²) in [6.45, 7) is 0. The third-order valence-corrected chi connectivity index (χ3v) is 5.33. The van der Waals surface area contributed by atoms with Gasteiger partial charge in [-0.3, -0.25) is 4.72 Å². The lowest BCUT2D eigenvalue weighted by Gasteiger charge is -2.11. The normalized spacial score (nSPS) is 11.4. The number of aromatic nitrogens is 2. The average molecular weight is 383 g/mol. The van der Waals surface area contributed by atoms with E-state index in [1.165, 1.54) is 41.2 Å². The lowest BCUT2D eigenvalue weighted by Crippen LogP contribution is -2.16. The number of nitrogens with zero attached hydrogens (tertiary/aromatic N) is 2. The van der Waals surface area contributed by atoms with Crippen LogP contribution in [0.3, 0.4) is 0 Å². The molecule has 1 heterocycles. The molecule has 1 aromatic heterocycles. The fourth-order valence-electron chi connectivity index (χ4n) is 2.05. The van der Waals surface area contributed by atoms with Gasteiger partial charge >= 0.3 is 0 Å². The number of sulfonamides is 1. The van der Waals surface area contributed by atoms with Gasteiger partial charge in [0.15, 0.2) is 0 Å². The molecule has 6 nitrogen and oxygen atoms in total. The zero-order valence-electron chi connectivity index (χ0n) is 12.1. The van der Waals surface area contributed by atoms with Crippen LogP contribution in [-0.2, 0) is 10.0 Å². The quantitative estimate of drug-likeness (QED) is 0.674. The van der Waals surface area contributed by atoms with E-state index in [4.69, 9.17) is 28.9 Å². The van der Waals surface area contributed by atoms with E-state index >= 15 is 0 Å². The number of benzene rings is 2. The van der Waals surface area contributed by atoms with Crippen LogP contribution >= 0.6 is 23.2 Å². The van der Waals surface area contributed by atoms with Gasteiger partial charge in [0.25, 0.3) is 10.0 Å². The van der Waals surface area contributed by atoms with Crippen molar-refractivity contribution in [3.05, 3.63) is 64.8 Å². The largest absolute Gasteiger partial charge is 0.399 e. The van der Waals surface area contributed by atoms with Crippen LogP contribution in [0, 0.1) is 0 Å². The topological polar surface area (TPSA) is 90.0 Å². The number of hydrogen-bond acceptors (Lipinski definition) is 4. The van der Waals surface area contributed by atoms with E-state index in [1.807, 2.05) is 0 Å². The minimum atomic E-state index is -3.77. The predicted octanol–water partition coefficient (Wildman–Crippen LogP) is 3.56. The summed E-state index contributed by atoms with van der Waals surface area (Å²) in [5.41, 5.74) is 6.63. The maximum Gasteiger partial charge on any atom is 0.263 e. The molecule has 0 aliphatic carbocycles. The van der Waals surface area contributed by atoms with Crippen molar-refractivity contribution in [2.75, 3.05) is 10.5 Å². The molecule has 0 amide bonds. The average Bonchev–Trinajstić information content (AvgIpc) is 2.98. The molecule has 3 aromatic rings. The number of anilines is 2. The van der Waals surface area contributed by atoms with Gasteiger partial charge in [-0.1, -0.05) is 23.2 Å². The van der Waals surface area contributed by atoms with Crippen LogP contribution in [0.4, 0.5) is 11.5 Å². The molecule has 2 aromatic carbocycles. The Kier molecular flexibility index (Phi) is 4.40. The highest BCUT2D eigenvalue weighted by atomic mass is 35.5. The van der Waals surface area contributed by atoms with E-state index in [2.05, 4.69) is 9.82 Å². The summed E-state index contributed by atoms with van der Waals surface area (Å²) in [4.78, 5) is 0.0959. The molecule has 0 atom stereocenters. The van der Waals surface area contributed by atoms with Crippen molar-refractivity contribution in [1.29, 1.82) is 0 Å². The number of nitrogens with two attached hydrogens (primary N) is 1. The molecule has 0 bridgehead atoms. The molecular weight excluding hydrogens is 371 g/mol. The standard InChI is InChI=1S/C15H12Cl2N4O2S/c16-13-6-3-11(9-14(13)17)21-15(7-8-19-21)20-24(22,23)12-4-1-10(18)2-5-12/h1-9,20H,18H2. The number of rotatable bonds is 4. The minimum absolute atomic E-state index is 0.0959. The van der Waals surface area contributed by atoms with E-state index in [0.29, 0.717) is 21.4 Å². The highest BCUT2D eigenvalue weighted by Gasteiger charge is 2.17. The van der Waals surface area contributed by atoms with E-state index in [-0.39, 0.29) is 10.7 Å². The Bertz CT molecular complexity index is 985. The van der Waals surface area contributed by atoms with Crippen molar-refractivity contribution in [3.63, 3.8) is 0 Å². The summed E-state index contributed by atoms with van der Waals surface area (Å²) < 4.78 is 28.9. The molecule has 0 radical (unpaired) electrons. The van der Waals surface area contributed by atoms with Crippen LogP contribution in [0.25, 0.3) is 5.69 Å². The molecule has 0 saturated carbocycles. The van der Waals surface area contributed by atoms with Gasteiger partial charge in [0, 0.05) is 11.8 Å². The number of nitrogens with one attached hydrogen (secondary N) is 1. The smallest absolute Gasteiger partial charge is 0.263 e. The van der Waals surface area contributed by atoms with Crippen molar-refractivity contribution < 1.29 is 8.42 Å². The summed E-state index contributed by atoms with van der Waals surface area (Å²) >= 11 is 11.9. The highest BCUT2D eigenvalue weighted by Crippen LogP contribution is 2.26. The van der Waals surface area contributed by atoms with Crippen molar-refractivity contribution >= 4 is 44.7 Å². The van der Waals surface area contributed by atoms with Gasteiger partial charge in [-0.05, 0) is 42.5 Å². The van der Waals surface area contributed by atoms with E-state index in [9.17, 15) is 8.42 Å². The maximum atomic E-state index is 12.5. The first-order valence-corrected chi connectivity index (χ1v) is 8.98. The third-order valence-electron chi connectivity index (χ3n) is 3.22. The molecule has 24 heavy (non-hydrogen) atoms. The van der Waals surface area contributed by atoms with Crippen molar-refractivity contribution in [2.24, 2.45) is 0 Å². The fraction of sp³-hybridized carbons (Fsp3) is 0. The monoisotopic (exact) mass is 382 g/mol. The summed E-state index contributed by atoms with van der Waals surface area (Å²) in [6.07, 6.45) is 1.48. The Hall–Kier alpha value is -2.22. The highest BCUT2D eigenvalue weighted by molar-refractivity contribution is 7.92. The van der Waals surface area contributed by atoms with Crippen LogP contribution in [-0.4, -0.2) is 18.2 Å². The second-order valence-corrected chi connectivity index (χ2v) is 7.40. The van der Waals surface area contributed by atoms with Crippen LogP contribution in [0.15, 0.2) is 59.6 Å². The van der Waals surface area contributed by atoms with Gasteiger partial charge in [-0.2, -0.15) is 5.10 Å². The van der Waals surface area contributed by atoms with Gasteiger partial charge in [0.1, 0.15) is 5.82 Å². The Labute approximate surface area is 148 Å². The van der Waals surface area contributed by atoms with Gasteiger partial charge in [-0.15, -0.1) is 0 Å². The van der Waals surface area contributed by atoms with E-state index in [0.717, 1.165) is 0 Å². The molecule has 9 heteroatoms. The molecule has 0 spiro atoms. The lowest BCUT2D eigenvalue weighted by atomic mass is 10.3. The van der Waals surface area contributed by atoms with Gasteiger partial charge < -0.3 is 5.73 Å². The van der Waals surface area contributed by atoms with Crippen LogP contribution < -0.4 is 10.5 Å². The van der Waals surface area contributed by atoms with Gasteiger partial charge in [0.05, 0.1) is 26.8 Å². The number of halogens is 2. The van der Waals surface area contributed by atoms with Crippen LogP contribution in [0.5, 0.6) is 0 Å². The zero-order valence-corrected chi connectivity index (χ0v) is 14.5. The van der Waals surface area contributed by atoms with Crippen LogP contribution in [0.2, 0.25) is 10.0 Å². The second kappa shape index (κ2) is 6.35. The van der Waals surface area contributed by atoms with Gasteiger partial charge in [-0.25, -0.2) is 13.1 Å². The summed E-state index contributed by atoms with van der Waals surface area (Å²) in [7, 11) is -3.77. The van der Waals surface area contributed by atoms with E-state index < -0.39 is 10.0 Å². The SMILES string of the molecule is Nc1ccc(S(=O)(=O)Nc2ccnn2-c2ccc(Cl)c(Cl)c2)cc1. The molecule has 0 unspecified atom stereocenters. The minimum Gasteiger partial charge on any atom is -0.399 e. The second-order valence-electron chi connectivity index (χ2n) is 4.90. The van der Waals surface area contributed by atoms with Crippen molar-refractivity contribution in [3.8, 4) is 5.69 Å². The molecule has 124 valence electrons. The third kappa shape index (κ3) is 3.33.